The molecule has 10 heteroatoms. The molecule has 0 aliphatic rings. The Morgan fingerprint density at radius 2 is 1.76 bits per heavy atom. The van der Waals surface area contributed by atoms with Gasteiger partial charge >= 0.3 is 5.97 Å². The van der Waals surface area contributed by atoms with Crippen LogP contribution in [0, 0.1) is 11.3 Å². The first-order valence-electron chi connectivity index (χ1n) is 9.98. The number of halogens is 1. The van der Waals surface area contributed by atoms with E-state index < -0.39 is 28.5 Å². The van der Waals surface area contributed by atoms with Crippen LogP contribution in [0.1, 0.15) is 15.9 Å². The minimum absolute atomic E-state index is 0.0192. The second kappa shape index (κ2) is 10.8. The highest BCUT2D eigenvalue weighted by Gasteiger charge is 2.23. The smallest absolute Gasteiger partial charge is 0.338 e. The maximum Gasteiger partial charge on any atom is 0.338 e. The van der Waals surface area contributed by atoms with Gasteiger partial charge < -0.3 is 10.1 Å². The van der Waals surface area contributed by atoms with E-state index in [2.05, 4.69) is 5.32 Å². The van der Waals surface area contributed by atoms with Crippen molar-refractivity contribution in [2.45, 2.75) is 11.3 Å². The second-order valence-electron chi connectivity index (χ2n) is 7.14. The molecule has 8 nitrogen and oxygen atoms in total. The lowest BCUT2D eigenvalue weighted by Gasteiger charge is -2.20. The van der Waals surface area contributed by atoms with Crippen LogP contribution in [0.25, 0.3) is 0 Å². The van der Waals surface area contributed by atoms with E-state index in [0.29, 0.717) is 16.4 Å². The number of carbonyl (C=O) groups is 2. The van der Waals surface area contributed by atoms with E-state index in [4.69, 9.17) is 21.6 Å². The number of sulfonamides is 1. The largest absolute Gasteiger partial charge is 0.452 e. The molecule has 0 aliphatic heterocycles. The molecule has 0 aromatic heterocycles. The molecule has 3 rings (SSSR count). The zero-order valence-corrected chi connectivity index (χ0v) is 19.6. The quantitative estimate of drug-likeness (QED) is 0.470. The third-order valence-electron chi connectivity index (χ3n) is 4.76. The summed E-state index contributed by atoms with van der Waals surface area (Å²) in [7, 11) is -2.60. The molecule has 3 aromatic rings. The van der Waals surface area contributed by atoms with Crippen molar-refractivity contribution in [3.63, 3.8) is 0 Å². The predicted molar refractivity (Wildman–Crippen MR) is 128 cm³/mol. The van der Waals surface area contributed by atoms with Crippen LogP contribution < -0.4 is 9.62 Å². The zero-order valence-electron chi connectivity index (χ0n) is 18.1. The maximum atomic E-state index is 13.0. The van der Waals surface area contributed by atoms with Crippen LogP contribution in [0.4, 0.5) is 11.4 Å². The van der Waals surface area contributed by atoms with Gasteiger partial charge in [0.15, 0.2) is 6.61 Å². The molecule has 0 radical (unpaired) electrons. The number of hydrogen-bond donors (Lipinski definition) is 1. The number of carbonyl (C=O) groups excluding carboxylic acids is 2. The van der Waals surface area contributed by atoms with Crippen molar-refractivity contribution in [2.75, 3.05) is 23.3 Å². The van der Waals surface area contributed by atoms with Crippen LogP contribution in [0.2, 0.25) is 5.02 Å². The molecule has 0 saturated heterocycles. The number of anilines is 2. The highest BCUT2D eigenvalue weighted by atomic mass is 35.5. The number of nitrogens with zero attached hydrogens (tertiary/aromatic N) is 2. The molecule has 0 bridgehead atoms. The fourth-order valence-electron chi connectivity index (χ4n) is 2.96. The number of amides is 1. The second-order valence-corrected chi connectivity index (χ2v) is 9.54. The van der Waals surface area contributed by atoms with Gasteiger partial charge in [-0.05, 0) is 54.1 Å². The molecule has 0 heterocycles. The summed E-state index contributed by atoms with van der Waals surface area (Å²) >= 11 is 5.96. The highest BCUT2D eigenvalue weighted by molar-refractivity contribution is 7.92. The average Bonchev–Trinajstić information content (AvgIpc) is 2.83. The fourth-order valence-corrected chi connectivity index (χ4v) is 4.38. The van der Waals surface area contributed by atoms with Gasteiger partial charge in [-0.3, -0.25) is 9.10 Å². The number of nitrogens with one attached hydrogen (secondary N) is 1. The Kier molecular flexibility index (Phi) is 7.89. The van der Waals surface area contributed by atoms with Gasteiger partial charge in [-0.25, -0.2) is 13.2 Å². The Hall–Kier alpha value is -3.87. The van der Waals surface area contributed by atoms with Crippen molar-refractivity contribution in [2.24, 2.45) is 0 Å². The van der Waals surface area contributed by atoms with Crippen molar-refractivity contribution in [3.05, 3.63) is 88.9 Å². The van der Waals surface area contributed by atoms with Gasteiger partial charge in [-0.15, -0.1) is 0 Å². The van der Waals surface area contributed by atoms with Crippen LogP contribution in [-0.4, -0.2) is 33.9 Å². The van der Waals surface area contributed by atoms with Crippen molar-refractivity contribution in [1.29, 1.82) is 5.26 Å². The molecular weight excluding hydrogens is 478 g/mol. The van der Waals surface area contributed by atoms with Crippen LogP contribution >= 0.6 is 11.6 Å². The van der Waals surface area contributed by atoms with Gasteiger partial charge in [-0.2, -0.15) is 5.26 Å². The summed E-state index contributed by atoms with van der Waals surface area (Å²) in [5.74, 6) is -1.41. The standard InChI is InChI=1S/C24H20ClN3O5S/c1-28(21-6-3-5-19(25)15-21)34(31,32)22-7-2-4-18(14-22)24(30)33-16-23(29)27-20-10-8-17(9-11-20)12-13-26/h2-11,14-15H,12,16H2,1H3,(H,27,29). The molecule has 1 N–H and O–H groups in total. The van der Waals surface area contributed by atoms with Gasteiger partial charge in [0.2, 0.25) is 0 Å². The van der Waals surface area contributed by atoms with E-state index >= 15 is 0 Å². The zero-order chi connectivity index (χ0) is 24.7. The minimum atomic E-state index is -3.98. The number of rotatable bonds is 8. The van der Waals surface area contributed by atoms with Gasteiger partial charge in [0.25, 0.3) is 15.9 Å². The van der Waals surface area contributed by atoms with E-state index in [-0.39, 0.29) is 16.9 Å². The van der Waals surface area contributed by atoms with Gasteiger partial charge in [0.05, 0.1) is 28.6 Å². The molecule has 0 atom stereocenters. The SMILES string of the molecule is CN(c1cccc(Cl)c1)S(=O)(=O)c1cccc(C(=O)OCC(=O)Nc2ccc(CC#N)cc2)c1. The molecule has 174 valence electrons. The summed E-state index contributed by atoms with van der Waals surface area (Å²) < 4.78 is 32.1. The van der Waals surface area contributed by atoms with Crippen LogP contribution in [0.5, 0.6) is 0 Å². The Morgan fingerprint density at radius 1 is 1.06 bits per heavy atom. The number of benzene rings is 3. The molecule has 0 spiro atoms. The fraction of sp³-hybridized carbons (Fsp3) is 0.125. The number of ether oxygens (including phenoxy) is 1. The normalized spacial score (nSPS) is 10.7. The Labute approximate surface area is 202 Å². The van der Waals surface area contributed by atoms with Crippen molar-refractivity contribution in [3.8, 4) is 6.07 Å². The average molecular weight is 498 g/mol. The number of esters is 1. The van der Waals surface area contributed by atoms with E-state index in [1.807, 2.05) is 6.07 Å². The first-order valence-corrected chi connectivity index (χ1v) is 11.8. The molecule has 0 fully saturated rings. The summed E-state index contributed by atoms with van der Waals surface area (Å²) in [6.07, 6.45) is 0.259. The van der Waals surface area contributed by atoms with Crippen LogP contribution in [-0.2, 0) is 26.0 Å². The maximum absolute atomic E-state index is 13.0. The minimum Gasteiger partial charge on any atom is -0.452 e. The third-order valence-corrected chi connectivity index (χ3v) is 6.77. The summed E-state index contributed by atoms with van der Waals surface area (Å²) in [6.45, 7) is -0.557. The molecule has 0 aliphatic carbocycles. The predicted octanol–water partition coefficient (Wildman–Crippen LogP) is 4.03. The lowest BCUT2D eigenvalue weighted by Crippen LogP contribution is -2.27. The van der Waals surface area contributed by atoms with Gasteiger partial charge in [0, 0.05) is 17.8 Å². The van der Waals surface area contributed by atoms with Crippen molar-refractivity contribution < 1.29 is 22.7 Å². The van der Waals surface area contributed by atoms with Gasteiger partial charge in [-0.1, -0.05) is 35.9 Å². The monoisotopic (exact) mass is 497 g/mol. The molecule has 3 aromatic carbocycles. The third kappa shape index (κ3) is 6.13. The van der Waals surface area contributed by atoms with Crippen LogP contribution in [0.3, 0.4) is 0 Å². The van der Waals surface area contributed by atoms with E-state index in [9.17, 15) is 18.0 Å². The van der Waals surface area contributed by atoms with Gasteiger partial charge in [0.1, 0.15) is 0 Å². The number of hydrogen-bond acceptors (Lipinski definition) is 6. The van der Waals surface area contributed by atoms with E-state index in [1.165, 1.54) is 37.4 Å². The lowest BCUT2D eigenvalue weighted by atomic mass is 10.1. The Morgan fingerprint density at radius 3 is 2.44 bits per heavy atom. The lowest BCUT2D eigenvalue weighted by molar-refractivity contribution is -0.119. The highest BCUT2D eigenvalue weighted by Crippen LogP contribution is 2.25. The Balaban J connectivity index is 1.65. The molecule has 0 saturated carbocycles. The van der Waals surface area contributed by atoms with Crippen molar-refractivity contribution in [1.82, 2.24) is 0 Å². The first kappa shape index (κ1) is 24.8. The van der Waals surface area contributed by atoms with E-state index in [0.717, 1.165) is 9.87 Å². The molecular formula is C24H20ClN3O5S. The summed E-state index contributed by atoms with van der Waals surface area (Å²) in [5.41, 5.74) is 1.63. The first-order chi connectivity index (χ1) is 16.2. The number of nitriles is 1. The van der Waals surface area contributed by atoms with Crippen LogP contribution in [0.15, 0.2) is 77.7 Å². The summed E-state index contributed by atoms with van der Waals surface area (Å²) in [5, 5.41) is 11.7. The molecule has 0 unspecified atom stereocenters. The summed E-state index contributed by atoms with van der Waals surface area (Å²) in [4.78, 5) is 24.4. The summed E-state index contributed by atoms with van der Waals surface area (Å²) in [6, 6.07) is 20.4. The molecule has 1 amide bonds. The topological polar surface area (TPSA) is 117 Å². The van der Waals surface area contributed by atoms with E-state index in [1.54, 1.807) is 42.5 Å². The van der Waals surface area contributed by atoms with Crippen molar-refractivity contribution >= 4 is 44.9 Å². The molecule has 34 heavy (non-hydrogen) atoms. The Bertz CT molecular complexity index is 1350.